The van der Waals surface area contributed by atoms with E-state index in [1.54, 1.807) is 11.3 Å². The average molecular weight is 302 g/mol. The van der Waals surface area contributed by atoms with Gasteiger partial charge in [0.05, 0.1) is 31.8 Å². The third kappa shape index (κ3) is 2.51. The van der Waals surface area contributed by atoms with Crippen molar-refractivity contribution in [1.82, 2.24) is 4.98 Å². The molecule has 0 N–H and O–H groups in total. The van der Waals surface area contributed by atoms with Gasteiger partial charge in [-0.3, -0.25) is 0 Å². The number of rotatable bonds is 1. The molecule has 106 valence electrons. The highest BCUT2D eigenvalue weighted by molar-refractivity contribution is 7.21. The van der Waals surface area contributed by atoms with Crippen LogP contribution >= 0.6 is 11.3 Å². The van der Waals surface area contributed by atoms with Gasteiger partial charge in [0.25, 0.3) is 0 Å². The Labute approximate surface area is 132 Å². The molecule has 1 heterocycles. The quantitative estimate of drug-likeness (QED) is 0.457. The van der Waals surface area contributed by atoms with Crippen LogP contribution in [0.1, 0.15) is 5.56 Å². The molecule has 4 rings (SSSR count). The maximum atomic E-state index is 4.71. The van der Waals surface area contributed by atoms with E-state index in [1.165, 1.54) is 10.3 Å². The minimum Gasteiger partial charge on any atom is -0.249 e. The third-order valence-corrected chi connectivity index (χ3v) is 4.67. The van der Waals surface area contributed by atoms with Gasteiger partial charge >= 0.3 is 0 Å². The van der Waals surface area contributed by atoms with E-state index in [0.29, 0.717) is 0 Å². The summed E-state index contributed by atoms with van der Waals surface area (Å²) in [5.74, 6) is 0. The highest BCUT2D eigenvalue weighted by Gasteiger charge is 2.06. The zero-order valence-corrected chi connectivity index (χ0v) is 13.0. The lowest BCUT2D eigenvalue weighted by molar-refractivity contribution is 1.31. The van der Waals surface area contributed by atoms with E-state index in [1.807, 2.05) is 36.4 Å². The van der Waals surface area contributed by atoms with E-state index < -0.39 is 0 Å². The number of aryl methyl sites for hydroxylation is 1. The van der Waals surface area contributed by atoms with E-state index >= 15 is 0 Å². The van der Waals surface area contributed by atoms with Crippen LogP contribution in [0.5, 0.6) is 0 Å². The van der Waals surface area contributed by atoms with Crippen molar-refractivity contribution in [3.8, 4) is 10.6 Å². The molecule has 2 aliphatic rings. The molecule has 2 aromatic carbocycles. The number of benzene rings is 3. The second kappa shape index (κ2) is 5.35. The van der Waals surface area contributed by atoms with E-state index in [-0.39, 0.29) is 0 Å². The van der Waals surface area contributed by atoms with Crippen molar-refractivity contribution in [2.24, 2.45) is 4.99 Å². The minimum absolute atomic E-state index is 0.963. The van der Waals surface area contributed by atoms with Gasteiger partial charge in [-0.2, -0.15) is 0 Å². The Kier molecular flexibility index (Phi) is 3.20. The Bertz CT molecular complexity index is 984. The molecule has 2 nitrogen and oxygen atoms in total. The summed E-state index contributed by atoms with van der Waals surface area (Å²) in [4.78, 5) is 10.6. The van der Waals surface area contributed by atoms with Crippen molar-refractivity contribution in [1.29, 1.82) is 0 Å². The summed E-state index contributed by atoms with van der Waals surface area (Å²) >= 11 is 1.76. The van der Waals surface area contributed by atoms with Crippen LogP contribution in [0.3, 0.4) is 0 Å². The lowest BCUT2D eigenvalue weighted by Crippen LogP contribution is -2.01. The minimum atomic E-state index is 0.963. The molecule has 0 spiro atoms. The second-order valence-electron chi connectivity index (χ2n) is 5.28. The van der Waals surface area contributed by atoms with E-state index in [2.05, 4.69) is 37.3 Å². The van der Waals surface area contributed by atoms with Gasteiger partial charge in [-0.25, -0.2) is 9.98 Å². The van der Waals surface area contributed by atoms with Crippen LogP contribution in [-0.2, 0) is 0 Å². The van der Waals surface area contributed by atoms with Gasteiger partial charge in [0.1, 0.15) is 0 Å². The van der Waals surface area contributed by atoms with Crippen LogP contribution in [0, 0.1) is 6.92 Å². The lowest BCUT2D eigenvalue weighted by atomic mass is 10.2. The number of nitrogens with zero attached hydrogens (tertiary/aromatic N) is 2. The summed E-state index contributed by atoms with van der Waals surface area (Å²) < 4.78 is 1.20. The largest absolute Gasteiger partial charge is 0.249 e. The molecule has 2 aromatic rings. The van der Waals surface area contributed by atoms with Gasteiger partial charge < -0.3 is 0 Å². The number of aromatic nitrogens is 1. The number of fused-ring (bicyclic) bond motifs is 2. The van der Waals surface area contributed by atoms with E-state index in [4.69, 9.17) is 9.98 Å². The summed E-state index contributed by atoms with van der Waals surface area (Å²) in [5.41, 5.74) is 4.29. The molecular weight excluding hydrogens is 288 g/mol. The van der Waals surface area contributed by atoms with Crippen molar-refractivity contribution in [3.63, 3.8) is 0 Å². The molecule has 0 bridgehead atoms. The second-order valence-corrected chi connectivity index (χ2v) is 6.36. The molecule has 3 heteroatoms. The fourth-order valence-corrected chi connectivity index (χ4v) is 3.40. The third-order valence-electron chi connectivity index (χ3n) is 3.56. The first-order chi connectivity index (χ1) is 10.8. The maximum absolute atomic E-state index is 4.71. The van der Waals surface area contributed by atoms with E-state index in [9.17, 15) is 0 Å². The van der Waals surface area contributed by atoms with Crippen molar-refractivity contribution >= 4 is 27.2 Å². The highest BCUT2D eigenvalue weighted by atomic mass is 32.1. The van der Waals surface area contributed by atoms with Crippen LogP contribution in [0.15, 0.2) is 71.7 Å². The van der Waals surface area contributed by atoms with Gasteiger partial charge in [-0.15, -0.1) is 11.3 Å². The Morgan fingerprint density at radius 2 is 1.73 bits per heavy atom. The smallest absolute Gasteiger partial charge is 0.0811 e. The Morgan fingerprint density at radius 3 is 2.59 bits per heavy atom. The van der Waals surface area contributed by atoms with Crippen LogP contribution in [0.4, 0.5) is 5.69 Å². The highest BCUT2D eigenvalue weighted by Crippen LogP contribution is 2.29. The number of para-hydroxylation sites is 1. The number of hydrogen-bond acceptors (Lipinski definition) is 3. The monoisotopic (exact) mass is 302 g/mol. The van der Waals surface area contributed by atoms with Crippen LogP contribution in [0.25, 0.3) is 20.8 Å². The fraction of sp³-hybridized carbons (Fsp3) is 0.0526. The van der Waals surface area contributed by atoms with Crippen LogP contribution < -0.4 is 5.36 Å². The average Bonchev–Trinajstić information content (AvgIpc) is 2.55. The summed E-state index contributed by atoms with van der Waals surface area (Å²) in [6.07, 6.45) is 0. The SMILES string of the molecule is Cc1ccc(N=c2ccc3nc4ccccc4sc-3c2)cc1. The molecule has 0 radical (unpaired) electrons. The standard InChI is InChI=1S/C19H14N2S/c1-13-6-8-14(9-7-13)20-15-10-11-17-19(12-15)22-18-5-3-2-4-16(18)21-17/h2-12H,1H3. The lowest BCUT2D eigenvalue weighted by Gasteiger charge is -2.05. The topological polar surface area (TPSA) is 25.2 Å². The molecule has 0 atom stereocenters. The summed E-state index contributed by atoms with van der Waals surface area (Å²) in [5, 5.41) is 0.963. The molecule has 0 saturated carbocycles. The zero-order valence-electron chi connectivity index (χ0n) is 12.2. The van der Waals surface area contributed by atoms with Crippen LogP contribution in [-0.4, -0.2) is 4.98 Å². The predicted molar refractivity (Wildman–Crippen MR) is 92.6 cm³/mol. The molecule has 0 amide bonds. The van der Waals surface area contributed by atoms with Crippen molar-refractivity contribution in [3.05, 3.63) is 77.7 Å². The molecular formula is C19H14N2S. The fourth-order valence-electron chi connectivity index (χ4n) is 2.40. The van der Waals surface area contributed by atoms with Gasteiger partial charge in [0.2, 0.25) is 0 Å². The number of hydrogen-bond donors (Lipinski definition) is 0. The van der Waals surface area contributed by atoms with E-state index in [0.717, 1.165) is 27.1 Å². The first kappa shape index (κ1) is 13.2. The van der Waals surface area contributed by atoms with Gasteiger partial charge in [0.15, 0.2) is 0 Å². The predicted octanol–water partition coefficient (Wildman–Crippen LogP) is 4.94. The normalized spacial score (nSPS) is 12.1. The molecule has 0 aromatic heterocycles. The summed E-state index contributed by atoms with van der Waals surface area (Å²) in [6, 6.07) is 22.7. The van der Waals surface area contributed by atoms with Gasteiger partial charge in [-0.05, 0) is 49.4 Å². The molecule has 22 heavy (non-hydrogen) atoms. The Morgan fingerprint density at radius 1 is 0.909 bits per heavy atom. The molecule has 0 unspecified atom stereocenters. The molecule has 1 aliphatic heterocycles. The molecule has 1 aliphatic carbocycles. The summed E-state index contributed by atoms with van der Waals surface area (Å²) in [7, 11) is 0. The molecule has 0 saturated heterocycles. The van der Waals surface area contributed by atoms with Crippen molar-refractivity contribution in [2.45, 2.75) is 6.92 Å². The Hall–Kier alpha value is -2.52. The van der Waals surface area contributed by atoms with Gasteiger partial charge in [-0.1, -0.05) is 29.8 Å². The molecule has 0 fully saturated rings. The van der Waals surface area contributed by atoms with Crippen LogP contribution in [0.2, 0.25) is 0 Å². The first-order valence-electron chi connectivity index (χ1n) is 7.19. The summed E-state index contributed by atoms with van der Waals surface area (Å²) in [6.45, 7) is 2.08. The van der Waals surface area contributed by atoms with Crippen molar-refractivity contribution < 1.29 is 0 Å². The maximum Gasteiger partial charge on any atom is 0.0811 e. The van der Waals surface area contributed by atoms with Crippen molar-refractivity contribution in [2.75, 3.05) is 0 Å². The zero-order chi connectivity index (χ0) is 14.9. The first-order valence-corrected chi connectivity index (χ1v) is 8.01. The van der Waals surface area contributed by atoms with Gasteiger partial charge in [0, 0.05) is 0 Å². The Balaban J connectivity index is 1.88.